The molecule has 0 radical (unpaired) electrons. The Hall–Kier alpha value is -0.610. The first-order chi connectivity index (χ1) is 9.86. The van der Waals surface area contributed by atoms with Crippen LogP contribution in [0, 0.1) is 11.3 Å². The quantitative estimate of drug-likeness (QED) is 0.672. The maximum Gasteiger partial charge on any atom is 0.0766 e. The predicted octanol–water partition coefficient (Wildman–Crippen LogP) is 4.21. The zero-order valence-electron chi connectivity index (χ0n) is 14.2. The van der Waals surface area contributed by atoms with Gasteiger partial charge in [0.25, 0.3) is 0 Å². The molecule has 3 nitrogen and oxygen atoms in total. The van der Waals surface area contributed by atoms with Crippen molar-refractivity contribution < 1.29 is 0 Å². The highest BCUT2D eigenvalue weighted by Gasteiger charge is 2.25. The molecule has 0 aliphatic carbocycles. The van der Waals surface area contributed by atoms with Crippen molar-refractivity contribution in [3.8, 4) is 0 Å². The summed E-state index contributed by atoms with van der Waals surface area (Å²) in [7, 11) is 0. The molecule has 120 valence electrons. The Balaban J connectivity index is 2.89. The number of aryl methyl sites for hydroxylation is 2. The van der Waals surface area contributed by atoms with Gasteiger partial charge in [-0.2, -0.15) is 5.10 Å². The van der Waals surface area contributed by atoms with Gasteiger partial charge in [0.2, 0.25) is 0 Å². The van der Waals surface area contributed by atoms with E-state index in [2.05, 4.69) is 78.3 Å². The molecule has 1 unspecified atom stereocenters. The highest BCUT2D eigenvalue weighted by molar-refractivity contribution is 9.10. The van der Waals surface area contributed by atoms with E-state index >= 15 is 0 Å². The second kappa shape index (κ2) is 8.14. The fourth-order valence-corrected chi connectivity index (χ4v) is 3.13. The Morgan fingerprint density at radius 3 is 2.57 bits per heavy atom. The molecule has 0 spiro atoms. The molecular weight excluding hydrogens is 326 g/mol. The Morgan fingerprint density at radius 1 is 1.43 bits per heavy atom. The molecule has 1 aromatic heterocycles. The van der Waals surface area contributed by atoms with E-state index in [-0.39, 0.29) is 5.41 Å². The summed E-state index contributed by atoms with van der Waals surface area (Å²) in [6, 6.07) is 0. The molecule has 0 amide bonds. The second-order valence-electron chi connectivity index (χ2n) is 6.44. The number of aromatic nitrogens is 2. The minimum atomic E-state index is 0.0371. The van der Waals surface area contributed by atoms with Crippen molar-refractivity contribution in [3.63, 3.8) is 0 Å². The Kier molecular flexibility index (Phi) is 7.14. The lowest BCUT2D eigenvalue weighted by molar-refractivity contribution is 0.366. The fourth-order valence-electron chi connectivity index (χ4n) is 2.42. The normalized spacial score (nSPS) is 14.4. The average molecular weight is 356 g/mol. The Labute approximate surface area is 138 Å². The summed E-state index contributed by atoms with van der Waals surface area (Å²) in [5, 5.41) is 8.25. The summed E-state index contributed by atoms with van der Waals surface area (Å²) < 4.78 is 3.29. The van der Waals surface area contributed by atoms with Gasteiger partial charge in [0.1, 0.15) is 0 Å². The van der Waals surface area contributed by atoms with Crippen molar-refractivity contribution in [1.29, 1.82) is 0 Å². The minimum absolute atomic E-state index is 0.0371. The maximum atomic E-state index is 4.69. The summed E-state index contributed by atoms with van der Waals surface area (Å²) in [5.41, 5.74) is 2.46. The molecule has 0 bridgehead atoms. The lowest BCUT2D eigenvalue weighted by atomic mass is 9.85. The van der Waals surface area contributed by atoms with Crippen LogP contribution in [0.1, 0.15) is 46.0 Å². The van der Waals surface area contributed by atoms with Crippen molar-refractivity contribution in [1.82, 2.24) is 15.1 Å². The van der Waals surface area contributed by atoms with Crippen LogP contribution in [0.15, 0.2) is 17.1 Å². The van der Waals surface area contributed by atoms with Gasteiger partial charge in [-0.15, -0.1) is 6.58 Å². The van der Waals surface area contributed by atoms with Crippen LogP contribution in [-0.4, -0.2) is 22.9 Å². The molecule has 0 saturated carbocycles. The third-order valence-electron chi connectivity index (χ3n) is 3.84. The summed E-state index contributed by atoms with van der Waals surface area (Å²) in [6.45, 7) is 18.0. The van der Waals surface area contributed by atoms with Gasteiger partial charge < -0.3 is 5.32 Å². The van der Waals surface area contributed by atoms with Crippen molar-refractivity contribution in [2.75, 3.05) is 13.1 Å². The van der Waals surface area contributed by atoms with E-state index < -0.39 is 0 Å². The highest BCUT2D eigenvalue weighted by atomic mass is 79.9. The van der Waals surface area contributed by atoms with Gasteiger partial charge in [0.15, 0.2) is 0 Å². The van der Waals surface area contributed by atoms with Gasteiger partial charge in [-0.05, 0) is 41.7 Å². The van der Waals surface area contributed by atoms with E-state index in [9.17, 15) is 0 Å². The molecule has 0 aromatic carbocycles. The van der Waals surface area contributed by atoms with Crippen LogP contribution in [0.5, 0.6) is 0 Å². The number of nitrogens with one attached hydrogen (secondary N) is 1. The van der Waals surface area contributed by atoms with E-state index in [1.165, 1.54) is 10.2 Å². The van der Waals surface area contributed by atoms with Crippen molar-refractivity contribution in [2.45, 2.75) is 54.0 Å². The standard InChI is InChI=1S/C17H30BrN3/c1-7-14-16(18)15(21(9-3)20-14)10-17(6,8-2)12-19-11-13(4)5/h8,13,19H,2,7,9-12H2,1,3-6H3. The lowest BCUT2D eigenvalue weighted by Crippen LogP contribution is -2.34. The number of hydrogen-bond donors (Lipinski definition) is 1. The van der Waals surface area contributed by atoms with E-state index in [0.717, 1.165) is 38.2 Å². The summed E-state index contributed by atoms with van der Waals surface area (Å²) >= 11 is 3.74. The zero-order chi connectivity index (χ0) is 16.0. The molecule has 21 heavy (non-hydrogen) atoms. The topological polar surface area (TPSA) is 29.9 Å². The first-order valence-electron chi connectivity index (χ1n) is 7.95. The van der Waals surface area contributed by atoms with Gasteiger partial charge in [0, 0.05) is 24.9 Å². The number of halogens is 1. The second-order valence-corrected chi connectivity index (χ2v) is 7.23. The lowest BCUT2D eigenvalue weighted by Gasteiger charge is -2.27. The predicted molar refractivity (Wildman–Crippen MR) is 94.7 cm³/mol. The van der Waals surface area contributed by atoms with Crippen LogP contribution in [0.4, 0.5) is 0 Å². The summed E-state index contributed by atoms with van der Waals surface area (Å²) in [6.07, 6.45) is 3.98. The van der Waals surface area contributed by atoms with Crippen LogP contribution >= 0.6 is 15.9 Å². The summed E-state index contributed by atoms with van der Waals surface area (Å²) in [5.74, 6) is 0.665. The zero-order valence-corrected chi connectivity index (χ0v) is 15.8. The molecule has 1 aromatic rings. The Morgan fingerprint density at radius 2 is 2.10 bits per heavy atom. The van der Waals surface area contributed by atoms with Gasteiger partial charge in [-0.25, -0.2) is 0 Å². The largest absolute Gasteiger partial charge is 0.316 e. The van der Waals surface area contributed by atoms with E-state index in [0.29, 0.717) is 5.92 Å². The third-order valence-corrected chi connectivity index (χ3v) is 4.76. The molecule has 0 aliphatic heterocycles. The van der Waals surface area contributed by atoms with Crippen molar-refractivity contribution >= 4 is 15.9 Å². The van der Waals surface area contributed by atoms with E-state index in [4.69, 9.17) is 0 Å². The SMILES string of the molecule is C=CC(C)(CNCC(C)C)Cc1c(Br)c(CC)nn1CC. The van der Waals surface area contributed by atoms with Gasteiger partial charge >= 0.3 is 0 Å². The monoisotopic (exact) mass is 355 g/mol. The van der Waals surface area contributed by atoms with Gasteiger partial charge in [-0.1, -0.05) is 33.8 Å². The van der Waals surface area contributed by atoms with E-state index in [1.54, 1.807) is 0 Å². The van der Waals surface area contributed by atoms with Crippen LogP contribution in [0.25, 0.3) is 0 Å². The van der Waals surface area contributed by atoms with E-state index in [1.807, 2.05) is 0 Å². The van der Waals surface area contributed by atoms with Crippen LogP contribution in [0.3, 0.4) is 0 Å². The summed E-state index contributed by atoms with van der Waals surface area (Å²) in [4.78, 5) is 0. The minimum Gasteiger partial charge on any atom is -0.316 e. The number of hydrogen-bond acceptors (Lipinski definition) is 2. The van der Waals surface area contributed by atoms with Gasteiger partial charge in [-0.3, -0.25) is 4.68 Å². The number of nitrogens with zero attached hydrogens (tertiary/aromatic N) is 2. The molecule has 1 atom stereocenters. The first kappa shape index (κ1) is 18.4. The van der Waals surface area contributed by atoms with Crippen LogP contribution in [-0.2, 0) is 19.4 Å². The fraction of sp³-hybridized carbons (Fsp3) is 0.706. The molecule has 1 N–H and O–H groups in total. The third kappa shape index (κ3) is 4.96. The smallest absolute Gasteiger partial charge is 0.0766 e. The first-order valence-corrected chi connectivity index (χ1v) is 8.74. The van der Waals surface area contributed by atoms with Crippen LogP contribution in [0.2, 0.25) is 0 Å². The van der Waals surface area contributed by atoms with Crippen molar-refractivity contribution in [3.05, 3.63) is 28.5 Å². The molecule has 0 aliphatic rings. The maximum absolute atomic E-state index is 4.69. The number of rotatable bonds is 9. The Bertz CT molecular complexity index is 465. The molecule has 0 fully saturated rings. The molecular formula is C17H30BrN3. The molecule has 1 rings (SSSR count). The van der Waals surface area contributed by atoms with Gasteiger partial charge in [0.05, 0.1) is 15.9 Å². The molecule has 4 heteroatoms. The highest BCUT2D eigenvalue weighted by Crippen LogP contribution is 2.30. The molecule has 1 heterocycles. The average Bonchev–Trinajstić information content (AvgIpc) is 2.74. The van der Waals surface area contributed by atoms with Crippen LogP contribution < -0.4 is 5.32 Å². The molecule has 0 saturated heterocycles. The van der Waals surface area contributed by atoms with Crippen molar-refractivity contribution in [2.24, 2.45) is 11.3 Å².